The molecule has 10 heteroatoms. The number of imide groups is 1. The summed E-state index contributed by atoms with van der Waals surface area (Å²) in [6.45, 7) is 1.20. The summed E-state index contributed by atoms with van der Waals surface area (Å²) in [7, 11) is 0. The second-order valence-electron chi connectivity index (χ2n) is 6.51. The second-order valence-corrected chi connectivity index (χ2v) is 7.98. The van der Waals surface area contributed by atoms with E-state index in [-0.39, 0.29) is 17.0 Å². The molecule has 1 heterocycles. The summed E-state index contributed by atoms with van der Waals surface area (Å²) >= 11 is 6.20. The van der Waals surface area contributed by atoms with E-state index in [2.05, 4.69) is 10.6 Å². The van der Waals surface area contributed by atoms with Gasteiger partial charge in [0.05, 0.1) is 5.69 Å². The zero-order valence-electron chi connectivity index (χ0n) is 15.8. The van der Waals surface area contributed by atoms with Crippen LogP contribution in [0.3, 0.4) is 0 Å². The van der Waals surface area contributed by atoms with Crippen molar-refractivity contribution in [1.82, 2.24) is 10.2 Å². The van der Waals surface area contributed by atoms with E-state index in [0.717, 1.165) is 4.90 Å². The van der Waals surface area contributed by atoms with Crippen molar-refractivity contribution in [2.75, 3.05) is 11.9 Å². The number of amides is 4. The number of hydrogen-bond donors (Lipinski definition) is 2. The predicted molar refractivity (Wildman–Crippen MR) is 111 cm³/mol. The highest BCUT2D eigenvalue weighted by Gasteiger charge is 2.51. The average Bonchev–Trinajstić information content (AvgIpc) is 2.95. The van der Waals surface area contributed by atoms with Crippen molar-refractivity contribution in [2.45, 2.75) is 29.5 Å². The van der Waals surface area contributed by atoms with Crippen LogP contribution in [-0.2, 0) is 15.1 Å². The summed E-state index contributed by atoms with van der Waals surface area (Å²) in [6.07, 6.45) is 0.269. The molecular formula is C20H18ClF2N3O3S. The van der Waals surface area contributed by atoms with Crippen molar-refractivity contribution < 1.29 is 23.2 Å². The molecule has 1 saturated heterocycles. The molecule has 2 aromatic rings. The second kappa shape index (κ2) is 9.01. The molecule has 0 aromatic heterocycles. The number of thioether (sulfide) groups is 1. The number of rotatable bonds is 7. The van der Waals surface area contributed by atoms with Crippen LogP contribution in [0.15, 0.2) is 53.4 Å². The third-order valence-corrected chi connectivity index (χ3v) is 5.76. The fraction of sp³-hybridized carbons (Fsp3) is 0.250. The van der Waals surface area contributed by atoms with Crippen molar-refractivity contribution in [1.29, 1.82) is 0 Å². The van der Waals surface area contributed by atoms with Crippen molar-refractivity contribution in [2.24, 2.45) is 0 Å². The number of hydrogen-bond acceptors (Lipinski definition) is 4. The summed E-state index contributed by atoms with van der Waals surface area (Å²) in [5.74, 6) is -3.90. The number of alkyl halides is 2. The molecular weight excluding hydrogens is 436 g/mol. The lowest BCUT2D eigenvalue weighted by Gasteiger charge is -2.25. The van der Waals surface area contributed by atoms with Gasteiger partial charge < -0.3 is 10.6 Å². The van der Waals surface area contributed by atoms with Gasteiger partial charge in [0.15, 0.2) is 0 Å². The Morgan fingerprint density at radius 2 is 1.87 bits per heavy atom. The third kappa shape index (κ3) is 4.41. The Balaban J connectivity index is 1.77. The van der Waals surface area contributed by atoms with Gasteiger partial charge in [-0.1, -0.05) is 54.6 Å². The minimum atomic E-state index is -2.65. The van der Waals surface area contributed by atoms with E-state index in [1.165, 1.54) is 12.1 Å². The number of carbonyl (C=O) groups is 3. The normalized spacial score (nSPS) is 18.6. The Hall–Kier alpha value is -2.65. The number of nitrogens with zero attached hydrogens (tertiary/aromatic N) is 1. The van der Waals surface area contributed by atoms with Crippen LogP contribution in [-0.4, -0.2) is 35.0 Å². The van der Waals surface area contributed by atoms with Gasteiger partial charge in [-0.3, -0.25) is 14.5 Å². The third-order valence-electron chi connectivity index (χ3n) is 4.72. The number of halogens is 3. The lowest BCUT2D eigenvalue weighted by molar-refractivity contribution is -0.134. The molecule has 3 rings (SSSR count). The molecule has 0 radical (unpaired) electrons. The van der Waals surface area contributed by atoms with Gasteiger partial charge in [-0.2, -0.15) is 8.78 Å². The van der Waals surface area contributed by atoms with Crippen LogP contribution in [0.2, 0.25) is 5.02 Å². The molecule has 1 unspecified atom stereocenters. The average molecular weight is 454 g/mol. The molecule has 1 atom stereocenters. The van der Waals surface area contributed by atoms with E-state index in [4.69, 9.17) is 11.6 Å². The van der Waals surface area contributed by atoms with Crippen molar-refractivity contribution >= 4 is 46.9 Å². The van der Waals surface area contributed by atoms with Crippen LogP contribution in [0.1, 0.15) is 18.9 Å². The molecule has 0 bridgehead atoms. The molecule has 1 fully saturated rings. The highest BCUT2D eigenvalue weighted by atomic mass is 35.5. The molecule has 0 aliphatic carbocycles. The van der Waals surface area contributed by atoms with Crippen LogP contribution >= 0.6 is 23.4 Å². The molecule has 158 valence electrons. The van der Waals surface area contributed by atoms with E-state index in [1.807, 2.05) is 0 Å². The van der Waals surface area contributed by atoms with Gasteiger partial charge in [-0.05, 0) is 36.2 Å². The van der Waals surface area contributed by atoms with Crippen molar-refractivity contribution in [3.63, 3.8) is 0 Å². The van der Waals surface area contributed by atoms with E-state index >= 15 is 0 Å². The van der Waals surface area contributed by atoms with Crippen LogP contribution in [0.25, 0.3) is 0 Å². The van der Waals surface area contributed by atoms with Crippen LogP contribution in [0.4, 0.5) is 19.3 Å². The van der Waals surface area contributed by atoms with Crippen LogP contribution < -0.4 is 10.6 Å². The maximum absolute atomic E-state index is 13.1. The minimum absolute atomic E-state index is 0.180. The molecule has 2 N–H and O–H groups in total. The minimum Gasteiger partial charge on any atom is -0.324 e. The highest BCUT2D eigenvalue weighted by molar-refractivity contribution is 7.99. The number of anilines is 1. The van der Waals surface area contributed by atoms with Crippen molar-refractivity contribution in [3.8, 4) is 0 Å². The van der Waals surface area contributed by atoms with Crippen LogP contribution in [0.5, 0.6) is 0 Å². The first-order chi connectivity index (χ1) is 14.3. The Morgan fingerprint density at radius 3 is 2.50 bits per heavy atom. The lowest BCUT2D eigenvalue weighted by Crippen LogP contribution is -2.44. The van der Waals surface area contributed by atoms with Gasteiger partial charge in [0.25, 0.3) is 11.7 Å². The van der Waals surface area contributed by atoms with Gasteiger partial charge >= 0.3 is 6.03 Å². The Labute approximate surface area is 181 Å². The molecule has 0 spiro atoms. The Bertz CT molecular complexity index is 974. The summed E-state index contributed by atoms with van der Waals surface area (Å²) < 4.78 is 25.4. The largest absolute Gasteiger partial charge is 0.325 e. The predicted octanol–water partition coefficient (Wildman–Crippen LogP) is 4.45. The standard InChI is InChI=1S/C20H18ClF2N3O3S/c1-2-20(12-7-9-13(21)10-8-12)17(28)26(19(29)25-20)11-16(27)24-14-5-3-4-6-15(14)30-18(22)23/h3-10,18H,2,11H2,1H3,(H,24,27)(H,25,29). The number of urea groups is 1. The van der Waals surface area contributed by atoms with E-state index in [1.54, 1.807) is 43.3 Å². The fourth-order valence-corrected chi connectivity index (χ4v) is 3.97. The molecule has 2 aromatic carbocycles. The van der Waals surface area contributed by atoms with Gasteiger partial charge in [-0.15, -0.1) is 0 Å². The molecule has 30 heavy (non-hydrogen) atoms. The van der Waals surface area contributed by atoms with Gasteiger partial charge in [-0.25, -0.2) is 4.79 Å². The zero-order valence-corrected chi connectivity index (χ0v) is 17.4. The van der Waals surface area contributed by atoms with E-state index in [0.29, 0.717) is 22.3 Å². The van der Waals surface area contributed by atoms with Crippen molar-refractivity contribution in [3.05, 3.63) is 59.1 Å². The fourth-order valence-electron chi connectivity index (χ4n) is 3.25. The first-order valence-corrected chi connectivity index (χ1v) is 10.3. The summed E-state index contributed by atoms with van der Waals surface area (Å²) in [5.41, 5.74) is -0.570. The number of benzene rings is 2. The van der Waals surface area contributed by atoms with E-state index in [9.17, 15) is 23.2 Å². The number of para-hydroxylation sites is 1. The summed E-state index contributed by atoms with van der Waals surface area (Å²) in [5, 5.41) is 5.65. The topological polar surface area (TPSA) is 78.5 Å². The monoisotopic (exact) mass is 453 g/mol. The highest BCUT2D eigenvalue weighted by Crippen LogP contribution is 2.34. The first kappa shape index (κ1) is 22.0. The number of nitrogens with one attached hydrogen (secondary N) is 2. The molecule has 0 saturated carbocycles. The lowest BCUT2D eigenvalue weighted by atomic mass is 9.87. The van der Waals surface area contributed by atoms with Crippen LogP contribution in [0, 0.1) is 0 Å². The van der Waals surface area contributed by atoms with Gasteiger partial charge in [0.1, 0.15) is 12.1 Å². The van der Waals surface area contributed by atoms with Gasteiger partial charge in [0.2, 0.25) is 5.91 Å². The first-order valence-electron chi connectivity index (χ1n) is 9.00. The summed E-state index contributed by atoms with van der Waals surface area (Å²) in [4.78, 5) is 39.0. The molecule has 1 aliphatic heterocycles. The smallest absolute Gasteiger partial charge is 0.324 e. The zero-order chi connectivity index (χ0) is 21.9. The van der Waals surface area contributed by atoms with E-state index < -0.39 is 35.7 Å². The Morgan fingerprint density at radius 1 is 1.20 bits per heavy atom. The SMILES string of the molecule is CCC1(c2ccc(Cl)cc2)NC(=O)N(CC(=O)Nc2ccccc2SC(F)F)C1=O. The molecule has 4 amide bonds. The number of carbonyl (C=O) groups excluding carboxylic acids is 3. The quantitative estimate of drug-likeness (QED) is 0.479. The maximum Gasteiger partial charge on any atom is 0.325 e. The molecule has 6 nitrogen and oxygen atoms in total. The molecule has 1 aliphatic rings. The van der Waals surface area contributed by atoms with Gasteiger partial charge in [0, 0.05) is 9.92 Å². The summed E-state index contributed by atoms with van der Waals surface area (Å²) in [6, 6.07) is 11.9. The maximum atomic E-state index is 13.1. The Kier molecular flexibility index (Phi) is 6.62.